The van der Waals surface area contributed by atoms with E-state index in [1.807, 2.05) is 0 Å². The van der Waals surface area contributed by atoms with Gasteiger partial charge in [0.15, 0.2) is 0 Å². The van der Waals surface area contributed by atoms with Crippen molar-refractivity contribution in [1.29, 1.82) is 0 Å². The molecule has 0 spiro atoms. The summed E-state index contributed by atoms with van der Waals surface area (Å²) in [6, 6.07) is -4.29. The van der Waals surface area contributed by atoms with Gasteiger partial charge in [-0.2, -0.15) is 0 Å². The van der Waals surface area contributed by atoms with Gasteiger partial charge in [-0.1, -0.05) is 27.7 Å². The number of aldehydes is 1. The van der Waals surface area contributed by atoms with Crippen molar-refractivity contribution in [3.63, 3.8) is 0 Å². The zero-order valence-electron chi connectivity index (χ0n) is 24.0. The molecule has 0 aromatic carbocycles. The summed E-state index contributed by atoms with van der Waals surface area (Å²) in [5.41, 5.74) is 10.7. The standard InChI is InChI=1S/C25H43N5O12/c1-5-6-16(34)28-14(9-31)21(19(36)15(33)10-32)42-20(23(27)38)12(4)24(39)29-13(22(26)37)7-8-17(35)30-18(11(2)3)25(40)41/h9,11-15,18-21,32-33,36H,5-8,10H2,1-4H3,(H2,26,37)(H2,27,38)(H,28,34)(H,29,39)(H,30,35)(H,40,41)/t12?,13?,14-,15+,18?,19+,20?,21+/m0/s1. The Hall–Kier alpha value is -3.67. The zero-order valence-corrected chi connectivity index (χ0v) is 24.0. The fourth-order valence-corrected chi connectivity index (χ4v) is 3.74. The Morgan fingerprint density at radius 2 is 1.48 bits per heavy atom. The van der Waals surface area contributed by atoms with Crippen molar-refractivity contribution < 1.29 is 58.7 Å². The maximum absolute atomic E-state index is 13.0. The van der Waals surface area contributed by atoms with Gasteiger partial charge in [0.2, 0.25) is 29.5 Å². The first-order chi connectivity index (χ1) is 19.5. The topological polar surface area (TPSA) is 298 Å². The molecule has 5 amide bonds. The number of aliphatic hydroxyl groups excluding tert-OH is 3. The lowest BCUT2D eigenvalue weighted by Crippen LogP contribution is -2.58. The van der Waals surface area contributed by atoms with Crippen molar-refractivity contribution >= 4 is 41.8 Å². The van der Waals surface area contributed by atoms with E-state index in [1.54, 1.807) is 20.8 Å². The van der Waals surface area contributed by atoms with Gasteiger partial charge in [-0.15, -0.1) is 0 Å². The van der Waals surface area contributed by atoms with Gasteiger partial charge >= 0.3 is 5.97 Å². The molecule has 17 nitrogen and oxygen atoms in total. The quantitative estimate of drug-likeness (QED) is 0.0566. The number of carboxylic acid groups (broad SMARTS) is 1. The second-order valence-corrected chi connectivity index (χ2v) is 10.1. The van der Waals surface area contributed by atoms with E-state index in [0.29, 0.717) is 6.42 Å². The van der Waals surface area contributed by atoms with Crippen LogP contribution in [0.4, 0.5) is 0 Å². The number of hydrogen-bond acceptors (Lipinski definition) is 11. The minimum absolute atomic E-state index is 0.0191. The van der Waals surface area contributed by atoms with Crippen LogP contribution in [0.2, 0.25) is 0 Å². The molecule has 0 saturated heterocycles. The van der Waals surface area contributed by atoms with Crippen LogP contribution < -0.4 is 27.4 Å². The summed E-state index contributed by atoms with van der Waals surface area (Å²) >= 11 is 0. The first kappa shape index (κ1) is 38.3. The van der Waals surface area contributed by atoms with Gasteiger partial charge in [0.1, 0.15) is 48.8 Å². The van der Waals surface area contributed by atoms with Gasteiger partial charge in [0.25, 0.3) is 0 Å². The molecule has 0 saturated carbocycles. The SMILES string of the molecule is CCCC(=O)N[C@@H](C=O)[C@@H](OC(C(N)=O)C(C)C(=O)NC(CCC(=O)NC(C(=O)O)C(C)C)C(N)=O)[C@H](O)[C@H](O)CO. The summed E-state index contributed by atoms with van der Waals surface area (Å²) in [4.78, 5) is 84.6. The van der Waals surface area contributed by atoms with E-state index in [-0.39, 0.29) is 19.1 Å². The molecule has 0 aliphatic carbocycles. The summed E-state index contributed by atoms with van der Waals surface area (Å²) in [6.45, 7) is 4.99. The number of carbonyl (C=O) groups excluding carboxylic acids is 6. The molecule has 0 aliphatic rings. The number of aliphatic carboxylic acids is 1. The van der Waals surface area contributed by atoms with Crippen LogP contribution in [0.25, 0.3) is 0 Å². The highest BCUT2D eigenvalue weighted by molar-refractivity contribution is 5.92. The van der Waals surface area contributed by atoms with Crippen molar-refractivity contribution in [1.82, 2.24) is 16.0 Å². The number of rotatable bonds is 21. The molecule has 0 aromatic rings. The molecule has 0 rings (SSSR count). The molecule has 11 N–H and O–H groups in total. The molecule has 42 heavy (non-hydrogen) atoms. The van der Waals surface area contributed by atoms with Crippen LogP contribution in [0.5, 0.6) is 0 Å². The Morgan fingerprint density at radius 3 is 1.90 bits per heavy atom. The van der Waals surface area contributed by atoms with Gasteiger partial charge in [-0.3, -0.25) is 24.0 Å². The molecule has 0 radical (unpaired) electrons. The van der Waals surface area contributed by atoms with Crippen molar-refractivity contribution in [3.05, 3.63) is 0 Å². The van der Waals surface area contributed by atoms with E-state index >= 15 is 0 Å². The number of hydrogen-bond donors (Lipinski definition) is 9. The van der Waals surface area contributed by atoms with Gasteiger partial charge in [0.05, 0.1) is 12.5 Å². The number of carboxylic acids is 1. The van der Waals surface area contributed by atoms with Gasteiger partial charge in [0, 0.05) is 12.8 Å². The van der Waals surface area contributed by atoms with Crippen molar-refractivity contribution in [2.24, 2.45) is 23.3 Å². The normalized spacial score (nSPS) is 17.0. The number of nitrogens with two attached hydrogens (primary N) is 2. The average molecular weight is 606 g/mol. The van der Waals surface area contributed by atoms with Gasteiger partial charge < -0.3 is 57.4 Å². The second kappa shape index (κ2) is 18.7. The van der Waals surface area contributed by atoms with Crippen molar-refractivity contribution in [3.8, 4) is 0 Å². The summed E-state index contributed by atoms with van der Waals surface area (Å²) in [7, 11) is 0. The number of carbonyl (C=O) groups is 7. The first-order valence-electron chi connectivity index (χ1n) is 13.3. The van der Waals surface area contributed by atoms with Crippen LogP contribution in [0, 0.1) is 11.8 Å². The van der Waals surface area contributed by atoms with Crippen molar-refractivity contribution in [2.45, 2.75) is 95.9 Å². The Balaban J connectivity index is 5.83. The Labute approximate surface area is 242 Å². The number of primary amides is 2. The van der Waals surface area contributed by atoms with Gasteiger partial charge in [-0.25, -0.2) is 4.79 Å². The molecule has 0 bridgehead atoms. The maximum atomic E-state index is 13.0. The molecule has 0 heterocycles. The molecule has 240 valence electrons. The monoisotopic (exact) mass is 605 g/mol. The smallest absolute Gasteiger partial charge is 0.326 e. The highest BCUT2D eigenvalue weighted by Crippen LogP contribution is 2.18. The number of nitrogens with one attached hydrogen (secondary N) is 3. The highest BCUT2D eigenvalue weighted by Gasteiger charge is 2.41. The Kier molecular flexibility index (Phi) is 17.1. The minimum Gasteiger partial charge on any atom is -0.480 e. The third-order valence-corrected chi connectivity index (χ3v) is 6.24. The summed E-state index contributed by atoms with van der Waals surface area (Å²) in [6.07, 6.45) is -7.90. The minimum atomic E-state index is -2.04. The van der Waals surface area contributed by atoms with Gasteiger partial charge in [-0.05, 0) is 18.8 Å². The predicted molar refractivity (Wildman–Crippen MR) is 144 cm³/mol. The molecule has 4 unspecified atom stereocenters. The number of ether oxygens (including phenoxy) is 1. The lowest BCUT2D eigenvalue weighted by Gasteiger charge is -2.34. The second-order valence-electron chi connectivity index (χ2n) is 10.1. The van der Waals surface area contributed by atoms with Crippen LogP contribution in [0.3, 0.4) is 0 Å². The fraction of sp³-hybridized carbons (Fsp3) is 0.720. The lowest BCUT2D eigenvalue weighted by atomic mass is 9.98. The summed E-state index contributed by atoms with van der Waals surface area (Å²) in [5.74, 6) is -7.93. The van der Waals surface area contributed by atoms with Crippen LogP contribution >= 0.6 is 0 Å². The highest BCUT2D eigenvalue weighted by atomic mass is 16.5. The summed E-state index contributed by atoms with van der Waals surface area (Å²) in [5, 5.41) is 45.8. The molecule has 0 aromatic heterocycles. The molecule has 0 fully saturated rings. The maximum Gasteiger partial charge on any atom is 0.326 e. The van der Waals surface area contributed by atoms with E-state index in [9.17, 15) is 54.0 Å². The number of aliphatic hydroxyl groups is 3. The fourth-order valence-electron chi connectivity index (χ4n) is 3.74. The summed E-state index contributed by atoms with van der Waals surface area (Å²) < 4.78 is 5.50. The molecular weight excluding hydrogens is 562 g/mol. The van der Waals surface area contributed by atoms with E-state index in [0.717, 1.165) is 6.92 Å². The van der Waals surface area contributed by atoms with E-state index in [2.05, 4.69) is 16.0 Å². The molecule has 17 heteroatoms. The third-order valence-electron chi connectivity index (χ3n) is 6.24. The van der Waals surface area contributed by atoms with Crippen LogP contribution in [0.1, 0.15) is 53.4 Å². The van der Waals surface area contributed by atoms with Crippen LogP contribution in [0.15, 0.2) is 0 Å². The van der Waals surface area contributed by atoms with Crippen LogP contribution in [-0.2, 0) is 38.3 Å². The average Bonchev–Trinajstić information content (AvgIpc) is 2.91. The lowest BCUT2D eigenvalue weighted by molar-refractivity contribution is -0.167. The molecule has 0 aliphatic heterocycles. The van der Waals surface area contributed by atoms with E-state index in [1.165, 1.54) is 0 Å². The Bertz CT molecular complexity index is 962. The van der Waals surface area contributed by atoms with Crippen molar-refractivity contribution in [2.75, 3.05) is 6.61 Å². The molecular formula is C25H43N5O12. The van der Waals surface area contributed by atoms with E-state index < -0.39 is 103 Å². The largest absolute Gasteiger partial charge is 0.480 e. The predicted octanol–water partition coefficient (Wildman–Crippen LogP) is -3.96. The zero-order chi connectivity index (χ0) is 32.7. The first-order valence-corrected chi connectivity index (χ1v) is 13.3. The van der Waals surface area contributed by atoms with E-state index in [4.69, 9.17) is 16.2 Å². The molecule has 8 atom stereocenters. The Morgan fingerprint density at radius 1 is 0.905 bits per heavy atom. The third kappa shape index (κ3) is 12.5. The number of amides is 5. The van der Waals surface area contributed by atoms with Crippen LogP contribution in [-0.4, -0.2) is 111 Å².